The van der Waals surface area contributed by atoms with Crippen molar-refractivity contribution in [1.29, 1.82) is 0 Å². The third kappa shape index (κ3) is 3.90. The van der Waals surface area contributed by atoms with E-state index in [4.69, 9.17) is 10.9 Å². The highest BCUT2D eigenvalue weighted by Gasteiger charge is 2.34. The van der Waals surface area contributed by atoms with E-state index in [2.05, 4.69) is 0 Å². The summed E-state index contributed by atoms with van der Waals surface area (Å²) in [4.78, 5) is 22.8. The second-order valence-corrected chi connectivity index (χ2v) is 4.92. The molecule has 0 saturated carbocycles. The van der Waals surface area contributed by atoms with E-state index in [1.807, 2.05) is 27.7 Å². The van der Waals surface area contributed by atoms with Crippen molar-refractivity contribution in [2.45, 2.75) is 46.6 Å². The summed E-state index contributed by atoms with van der Waals surface area (Å²) >= 11 is 0. The van der Waals surface area contributed by atoms with Crippen molar-refractivity contribution in [2.75, 3.05) is 0 Å². The summed E-state index contributed by atoms with van der Waals surface area (Å²) in [6, 6.07) is -0.658. The van der Waals surface area contributed by atoms with Gasteiger partial charge in [0.1, 0.15) is 0 Å². The second-order valence-electron chi connectivity index (χ2n) is 4.92. The molecule has 16 heavy (non-hydrogen) atoms. The molecule has 0 heterocycles. The molecule has 0 rings (SSSR count). The molecule has 0 aliphatic rings. The summed E-state index contributed by atoms with van der Waals surface area (Å²) in [5.41, 5.74) is 6.76. The summed E-state index contributed by atoms with van der Waals surface area (Å²) in [5.74, 6) is -0.378. The van der Waals surface area contributed by atoms with Crippen LogP contribution in [0.5, 0.6) is 0 Å². The zero-order valence-electron chi connectivity index (χ0n) is 10.4. The lowest BCUT2D eigenvalue weighted by Crippen LogP contribution is -2.43. The Kier molecular flexibility index (Phi) is 5.61. The molecule has 1 atom stereocenters. The van der Waals surface area contributed by atoms with E-state index in [-0.39, 0.29) is 24.5 Å². The Balaban J connectivity index is 4.34. The Bertz CT molecular complexity index is 262. The summed E-state index contributed by atoms with van der Waals surface area (Å²) in [6.07, 6.45) is 0.305. The van der Waals surface area contributed by atoms with E-state index in [0.29, 0.717) is 0 Å². The molecule has 0 aromatic rings. The minimum atomic E-state index is -0.658. The first-order chi connectivity index (χ1) is 7.23. The van der Waals surface area contributed by atoms with Crippen molar-refractivity contribution in [1.82, 2.24) is 5.48 Å². The molecular formula is C11H22N2O3. The quantitative estimate of drug-likeness (QED) is 0.466. The molecule has 0 unspecified atom stereocenters. The van der Waals surface area contributed by atoms with Gasteiger partial charge >= 0.3 is 0 Å². The van der Waals surface area contributed by atoms with E-state index in [1.165, 1.54) is 5.48 Å². The number of rotatable bonds is 6. The molecular weight excluding hydrogens is 208 g/mol. The Morgan fingerprint density at radius 2 is 1.88 bits per heavy atom. The average molecular weight is 230 g/mol. The van der Waals surface area contributed by atoms with Gasteiger partial charge in [-0.1, -0.05) is 27.7 Å². The number of ketones is 1. The van der Waals surface area contributed by atoms with E-state index in [1.54, 1.807) is 0 Å². The minimum Gasteiger partial charge on any atom is -0.321 e. The lowest BCUT2D eigenvalue weighted by molar-refractivity contribution is -0.132. The van der Waals surface area contributed by atoms with Crippen LogP contribution in [0.1, 0.15) is 40.5 Å². The first-order valence-electron chi connectivity index (χ1n) is 5.46. The minimum absolute atomic E-state index is 0.0479. The van der Waals surface area contributed by atoms with Gasteiger partial charge in [-0.2, -0.15) is 0 Å². The summed E-state index contributed by atoms with van der Waals surface area (Å²) in [5, 5.41) is 8.31. The highest BCUT2D eigenvalue weighted by atomic mass is 16.5. The number of amides is 1. The maximum atomic E-state index is 12.0. The van der Waals surface area contributed by atoms with Crippen molar-refractivity contribution in [3.8, 4) is 0 Å². The topological polar surface area (TPSA) is 92.4 Å². The number of nitrogens with one attached hydrogen (secondary N) is 1. The molecule has 0 aromatic carbocycles. The van der Waals surface area contributed by atoms with Gasteiger partial charge in [0.2, 0.25) is 5.91 Å². The Hall–Kier alpha value is -0.940. The van der Waals surface area contributed by atoms with Gasteiger partial charge in [0.05, 0.1) is 6.04 Å². The van der Waals surface area contributed by atoms with Crippen molar-refractivity contribution in [2.24, 2.45) is 17.1 Å². The van der Waals surface area contributed by atoms with Crippen LogP contribution in [0.25, 0.3) is 0 Å². The predicted molar refractivity (Wildman–Crippen MR) is 60.8 cm³/mol. The summed E-state index contributed by atoms with van der Waals surface area (Å²) in [7, 11) is 0. The first kappa shape index (κ1) is 15.1. The molecule has 94 valence electrons. The normalized spacial score (nSPS) is 13.7. The first-order valence-corrected chi connectivity index (χ1v) is 5.46. The fourth-order valence-corrected chi connectivity index (χ4v) is 1.24. The highest BCUT2D eigenvalue weighted by molar-refractivity contribution is 5.89. The van der Waals surface area contributed by atoms with Gasteiger partial charge in [-0.3, -0.25) is 14.8 Å². The number of carbonyl (C=O) groups is 2. The molecule has 0 aliphatic heterocycles. The van der Waals surface area contributed by atoms with Gasteiger partial charge in [-0.05, 0) is 12.3 Å². The smallest absolute Gasteiger partial charge is 0.243 e. The van der Waals surface area contributed by atoms with Crippen LogP contribution in [-0.4, -0.2) is 22.9 Å². The molecule has 5 nitrogen and oxygen atoms in total. The maximum Gasteiger partial charge on any atom is 0.243 e. The third-order valence-corrected chi connectivity index (χ3v) is 3.22. The van der Waals surface area contributed by atoms with Gasteiger partial charge in [0, 0.05) is 11.8 Å². The van der Waals surface area contributed by atoms with Crippen molar-refractivity contribution >= 4 is 11.7 Å². The summed E-state index contributed by atoms with van der Waals surface area (Å²) in [6.45, 7) is 7.63. The van der Waals surface area contributed by atoms with Crippen LogP contribution in [0.2, 0.25) is 0 Å². The largest absolute Gasteiger partial charge is 0.321 e. The van der Waals surface area contributed by atoms with Gasteiger partial charge < -0.3 is 5.73 Å². The van der Waals surface area contributed by atoms with E-state index in [9.17, 15) is 9.59 Å². The Labute approximate surface area is 96.3 Å². The maximum absolute atomic E-state index is 12.0. The molecule has 1 amide bonds. The van der Waals surface area contributed by atoms with Gasteiger partial charge in [-0.15, -0.1) is 0 Å². The highest BCUT2D eigenvalue weighted by Crippen LogP contribution is 2.28. The molecule has 0 bridgehead atoms. The molecule has 5 heteroatoms. The lowest BCUT2D eigenvalue weighted by atomic mass is 9.74. The SMILES string of the molecule is CC(C)C(C)(C)C(=O)[C@H](N)CCC(=O)NO. The average Bonchev–Trinajstić information content (AvgIpc) is 2.23. The standard InChI is InChI=1S/C11H22N2O3/c1-7(2)11(3,4)10(15)8(12)5-6-9(14)13-16/h7-8,16H,5-6,12H2,1-4H3,(H,13,14)/t8-/m1/s1. The summed E-state index contributed by atoms with van der Waals surface area (Å²) < 4.78 is 0. The van der Waals surface area contributed by atoms with Crippen LogP contribution < -0.4 is 11.2 Å². The Morgan fingerprint density at radius 1 is 1.38 bits per heavy atom. The van der Waals surface area contributed by atoms with E-state index >= 15 is 0 Å². The molecule has 0 spiro atoms. The fourth-order valence-electron chi connectivity index (χ4n) is 1.24. The number of hydroxylamine groups is 1. The molecule has 4 N–H and O–H groups in total. The zero-order chi connectivity index (χ0) is 12.9. The predicted octanol–water partition coefficient (Wildman–Crippen LogP) is 0.851. The second kappa shape index (κ2) is 5.96. The number of hydrogen-bond acceptors (Lipinski definition) is 4. The van der Waals surface area contributed by atoms with Crippen LogP contribution in [0, 0.1) is 11.3 Å². The van der Waals surface area contributed by atoms with Crippen LogP contribution in [0.15, 0.2) is 0 Å². The number of hydrogen-bond donors (Lipinski definition) is 3. The van der Waals surface area contributed by atoms with Crippen LogP contribution in [0.4, 0.5) is 0 Å². The molecule has 0 aliphatic carbocycles. The zero-order valence-corrected chi connectivity index (χ0v) is 10.4. The molecule has 0 saturated heterocycles. The van der Waals surface area contributed by atoms with Gasteiger partial charge in [0.15, 0.2) is 5.78 Å². The third-order valence-electron chi connectivity index (χ3n) is 3.22. The molecule has 0 fully saturated rings. The molecule has 0 aromatic heterocycles. The fraction of sp³-hybridized carbons (Fsp3) is 0.818. The van der Waals surface area contributed by atoms with Crippen LogP contribution in [0.3, 0.4) is 0 Å². The van der Waals surface area contributed by atoms with Crippen molar-refractivity contribution < 1.29 is 14.8 Å². The monoisotopic (exact) mass is 230 g/mol. The number of Topliss-reactive ketones (excluding diaryl/α,β-unsaturated/α-hetero) is 1. The van der Waals surface area contributed by atoms with Crippen molar-refractivity contribution in [3.63, 3.8) is 0 Å². The Morgan fingerprint density at radius 3 is 2.25 bits per heavy atom. The van der Waals surface area contributed by atoms with E-state index < -0.39 is 17.4 Å². The number of nitrogens with two attached hydrogens (primary N) is 1. The molecule has 0 radical (unpaired) electrons. The lowest BCUT2D eigenvalue weighted by Gasteiger charge is -2.30. The van der Waals surface area contributed by atoms with Crippen LogP contribution in [-0.2, 0) is 9.59 Å². The van der Waals surface area contributed by atoms with Crippen molar-refractivity contribution in [3.05, 3.63) is 0 Å². The van der Waals surface area contributed by atoms with Crippen LogP contribution >= 0.6 is 0 Å². The van der Waals surface area contributed by atoms with Gasteiger partial charge in [-0.25, -0.2) is 5.48 Å². The van der Waals surface area contributed by atoms with Gasteiger partial charge in [0.25, 0.3) is 0 Å². The van der Waals surface area contributed by atoms with E-state index in [0.717, 1.165) is 0 Å². The number of carbonyl (C=O) groups excluding carboxylic acids is 2.